The fourth-order valence-corrected chi connectivity index (χ4v) is 2.17. The molecule has 0 aliphatic heterocycles. The van der Waals surface area contributed by atoms with Gasteiger partial charge in [0.15, 0.2) is 0 Å². The monoisotopic (exact) mass is 364 g/mol. The van der Waals surface area contributed by atoms with Crippen molar-refractivity contribution in [2.75, 3.05) is 10.6 Å². The zero-order valence-electron chi connectivity index (χ0n) is 14.6. The van der Waals surface area contributed by atoms with Crippen molar-refractivity contribution in [2.45, 2.75) is 26.9 Å². The first-order valence-electron chi connectivity index (χ1n) is 7.87. The Morgan fingerprint density at radius 2 is 1.35 bits per heavy atom. The first kappa shape index (κ1) is 19.5. The van der Waals surface area contributed by atoms with Gasteiger partial charge in [-0.2, -0.15) is 13.2 Å². The topological polar surface area (TPSA) is 58.2 Å². The summed E-state index contributed by atoms with van der Waals surface area (Å²) in [4.78, 5) is 24.9. The number of aryl methyl sites for hydroxylation is 1. The lowest BCUT2D eigenvalue weighted by Gasteiger charge is -2.23. The van der Waals surface area contributed by atoms with Gasteiger partial charge in [0, 0.05) is 11.4 Å². The van der Waals surface area contributed by atoms with E-state index in [1.165, 1.54) is 26.0 Å². The number of carbonyl (C=O) groups is 2. The van der Waals surface area contributed by atoms with Gasteiger partial charge < -0.3 is 10.6 Å². The number of nitrogens with one attached hydrogen (secondary N) is 2. The van der Waals surface area contributed by atoms with E-state index in [1.807, 2.05) is 13.0 Å². The summed E-state index contributed by atoms with van der Waals surface area (Å²) < 4.78 is 38.3. The van der Waals surface area contributed by atoms with Crippen LogP contribution in [-0.4, -0.2) is 11.8 Å². The van der Waals surface area contributed by atoms with Gasteiger partial charge in [0.1, 0.15) is 5.41 Å². The maximum Gasteiger partial charge on any atom is 0.416 e. The van der Waals surface area contributed by atoms with E-state index in [0.29, 0.717) is 5.69 Å². The summed E-state index contributed by atoms with van der Waals surface area (Å²) in [6.45, 7) is 4.67. The highest BCUT2D eigenvalue weighted by atomic mass is 19.4. The number of alkyl halides is 3. The predicted octanol–water partition coefficient (Wildman–Crippen LogP) is 4.62. The zero-order valence-corrected chi connectivity index (χ0v) is 14.6. The SMILES string of the molecule is Cc1cccc(NC(=O)C(C)(C)C(=O)Nc2cccc(C(F)(F)F)c2)c1. The molecule has 138 valence electrons. The largest absolute Gasteiger partial charge is 0.416 e. The number of halogens is 3. The van der Waals surface area contributed by atoms with Crippen molar-refractivity contribution >= 4 is 23.2 Å². The summed E-state index contributed by atoms with van der Waals surface area (Å²) in [5, 5.41) is 5.02. The second-order valence-electron chi connectivity index (χ2n) is 6.48. The van der Waals surface area contributed by atoms with Gasteiger partial charge >= 0.3 is 6.18 Å². The first-order valence-corrected chi connectivity index (χ1v) is 7.87. The summed E-state index contributed by atoms with van der Waals surface area (Å²) in [6.07, 6.45) is -4.52. The first-order chi connectivity index (χ1) is 12.0. The van der Waals surface area contributed by atoms with Gasteiger partial charge in [-0.1, -0.05) is 18.2 Å². The molecule has 2 amide bonds. The van der Waals surface area contributed by atoms with Gasteiger partial charge in [0.2, 0.25) is 11.8 Å². The average Bonchev–Trinajstić information content (AvgIpc) is 2.54. The van der Waals surface area contributed by atoms with Crippen molar-refractivity contribution in [2.24, 2.45) is 5.41 Å². The molecule has 2 aromatic rings. The number of hydrogen-bond donors (Lipinski definition) is 2. The van der Waals surface area contributed by atoms with Crippen molar-refractivity contribution in [3.8, 4) is 0 Å². The van der Waals surface area contributed by atoms with Crippen LogP contribution in [0.5, 0.6) is 0 Å². The third-order valence-electron chi connectivity index (χ3n) is 3.86. The third kappa shape index (κ3) is 4.62. The smallest absolute Gasteiger partial charge is 0.325 e. The van der Waals surface area contributed by atoms with E-state index in [0.717, 1.165) is 17.7 Å². The van der Waals surface area contributed by atoms with Crippen LogP contribution in [0.4, 0.5) is 24.5 Å². The number of hydrogen-bond acceptors (Lipinski definition) is 2. The van der Waals surface area contributed by atoms with Crippen LogP contribution in [0, 0.1) is 12.3 Å². The molecule has 7 heteroatoms. The van der Waals surface area contributed by atoms with Gasteiger partial charge in [0.05, 0.1) is 5.56 Å². The molecular weight excluding hydrogens is 345 g/mol. The Hall–Kier alpha value is -2.83. The molecule has 0 saturated carbocycles. The van der Waals surface area contributed by atoms with E-state index in [9.17, 15) is 22.8 Å². The fraction of sp³-hybridized carbons (Fsp3) is 0.263. The quantitative estimate of drug-likeness (QED) is 0.778. The van der Waals surface area contributed by atoms with E-state index in [-0.39, 0.29) is 5.69 Å². The second-order valence-corrected chi connectivity index (χ2v) is 6.48. The lowest BCUT2D eigenvalue weighted by molar-refractivity contribution is -0.138. The molecule has 0 spiro atoms. The van der Waals surface area contributed by atoms with E-state index in [2.05, 4.69) is 10.6 Å². The van der Waals surface area contributed by atoms with E-state index in [4.69, 9.17) is 0 Å². The number of rotatable bonds is 4. The molecule has 2 aromatic carbocycles. The summed E-state index contributed by atoms with van der Waals surface area (Å²) in [5.74, 6) is -1.27. The van der Waals surface area contributed by atoms with Crippen LogP contribution in [0.1, 0.15) is 25.0 Å². The van der Waals surface area contributed by atoms with Gasteiger partial charge in [0.25, 0.3) is 0 Å². The minimum atomic E-state index is -4.52. The van der Waals surface area contributed by atoms with Gasteiger partial charge in [-0.3, -0.25) is 9.59 Å². The minimum absolute atomic E-state index is 0.0266. The molecule has 26 heavy (non-hydrogen) atoms. The summed E-state index contributed by atoms with van der Waals surface area (Å²) in [7, 11) is 0. The van der Waals surface area contributed by atoms with E-state index < -0.39 is 29.0 Å². The minimum Gasteiger partial charge on any atom is -0.325 e. The molecule has 2 N–H and O–H groups in total. The Morgan fingerprint density at radius 3 is 1.85 bits per heavy atom. The Bertz CT molecular complexity index is 830. The molecule has 0 aliphatic carbocycles. The second kappa shape index (κ2) is 7.19. The van der Waals surface area contributed by atoms with E-state index in [1.54, 1.807) is 18.2 Å². The average molecular weight is 364 g/mol. The Kier molecular flexibility index (Phi) is 5.39. The van der Waals surface area contributed by atoms with Crippen molar-refractivity contribution in [1.29, 1.82) is 0 Å². The molecule has 0 aliphatic rings. The molecule has 4 nitrogen and oxygen atoms in total. The highest BCUT2D eigenvalue weighted by molar-refractivity contribution is 6.14. The van der Waals surface area contributed by atoms with Crippen LogP contribution in [0.25, 0.3) is 0 Å². The van der Waals surface area contributed by atoms with Crippen molar-refractivity contribution in [3.05, 3.63) is 59.7 Å². The number of benzene rings is 2. The standard InChI is InChI=1S/C19H19F3N2O2/c1-12-6-4-8-14(10-12)23-16(25)18(2,3)17(26)24-15-9-5-7-13(11-15)19(20,21)22/h4-11H,1-3H3,(H,23,25)(H,24,26). The zero-order chi connectivity index (χ0) is 19.5. The maximum atomic E-state index is 12.8. The molecule has 2 rings (SSSR count). The van der Waals surface area contributed by atoms with Crippen molar-refractivity contribution < 1.29 is 22.8 Å². The lowest BCUT2D eigenvalue weighted by Crippen LogP contribution is -2.41. The van der Waals surface area contributed by atoms with Gasteiger partial charge in [-0.25, -0.2) is 0 Å². The van der Waals surface area contributed by atoms with Gasteiger partial charge in [-0.05, 0) is 56.7 Å². The van der Waals surface area contributed by atoms with Crippen LogP contribution in [0.15, 0.2) is 48.5 Å². The molecule has 0 unspecified atom stereocenters. The van der Waals surface area contributed by atoms with Crippen LogP contribution >= 0.6 is 0 Å². The molecule has 0 bridgehead atoms. The maximum absolute atomic E-state index is 12.8. The van der Waals surface area contributed by atoms with Crippen LogP contribution in [0.3, 0.4) is 0 Å². The van der Waals surface area contributed by atoms with Crippen LogP contribution < -0.4 is 10.6 Å². The van der Waals surface area contributed by atoms with Gasteiger partial charge in [-0.15, -0.1) is 0 Å². The molecule has 0 fully saturated rings. The Morgan fingerprint density at radius 1 is 0.846 bits per heavy atom. The highest BCUT2D eigenvalue weighted by Crippen LogP contribution is 2.31. The molecule has 0 heterocycles. The molecule has 0 radical (unpaired) electrons. The number of carbonyl (C=O) groups excluding carboxylic acids is 2. The summed E-state index contributed by atoms with van der Waals surface area (Å²) in [5.41, 5.74) is -0.916. The highest BCUT2D eigenvalue weighted by Gasteiger charge is 2.37. The van der Waals surface area contributed by atoms with Crippen LogP contribution in [0.2, 0.25) is 0 Å². The normalized spacial score (nSPS) is 11.8. The molecule has 0 atom stereocenters. The van der Waals surface area contributed by atoms with Crippen molar-refractivity contribution in [1.82, 2.24) is 0 Å². The number of anilines is 2. The molecule has 0 saturated heterocycles. The lowest BCUT2D eigenvalue weighted by atomic mass is 9.90. The summed E-state index contributed by atoms with van der Waals surface area (Å²) in [6, 6.07) is 11.3. The number of amides is 2. The Balaban J connectivity index is 2.13. The third-order valence-corrected chi connectivity index (χ3v) is 3.86. The molecular formula is C19H19F3N2O2. The van der Waals surface area contributed by atoms with Crippen molar-refractivity contribution in [3.63, 3.8) is 0 Å². The molecule has 0 aromatic heterocycles. The Labute approximate surface area is 149 Å². The van der Waals surface area contributed by atoms with E-state index >= 15 is 0 Å². The predicted molar refractivity (Wildman–Crippen MR) is 93.7 cm³/mol. The van der Waals surface area contributed by atoms with Crippen LogP contribution in [-0.2, 0) is 15.8 Å². The fourth-order valence-electron chi connectivity index (χ4n) is 2.17. The summed E-state index contributed by atoms with van der Waals surface area (Å²) >= 11 is 0.